The third-order valence-electron chi connectivity index (χ3n) is 5.58. The molecule has 142 valence electrons. The predicted molar refractivity (Wildman–Crippen MR) is 105 cm³/mol. The maximum atomic E-state index is 9.77. The van der Waals surface area contributed by atoms with Crippen LogP contribution in [0.4, 0.5) is 5.82 Å². The van der Waals surface area contributed by atoms with Gasteiger partial charge in [-0.2, -0.15) is 0 Å². The molecule has 0 atom stereocenters. The van der Waals surface area contributed by atoms with Crippen molar-refractivity contribution in [1.29, 1.82) is 0 Å². The van der Waals surface area contributed by atoms with Gasteiger partial charge in [-0.05, 0) is 45.1 Å². The van der Waals surface area contributed by atoms with Gasteiger partial charge in [-0.15, -0.1) is 11.3 Å². The molecule has 1 aliphatic heterocycles. The van der Waals surface area contributed by atoms with E-state index >= 15 is 0 Å². The van der Waals surface area contributed by atoms with Crippen LogP contribution in [0.5, 0.6) is 0 Å². The van der Waals surface area contributed by atoms with E-state index in [-0.39, 0.29) is 6.10 Å². The van der Waals surface area contributed by atoms with Crippen LogP contribution < -0.4 is 5.32 Å². The summed E-state index contributed by atoms with van der Waals surface area (Å²) in [6, 6.07) is 0.382. The summed E-state index contributed by atoms with van der Waals surface area (Å²) in [5, 5.41) is 14.6. The Labute approximate surface area is 158 Å². The van der Waals surface area contributed by atoms with Crippen molar-refractivity contribution < 1.29 is 9.84 Å². The second kappa shape index (κ2) is 7.76. The van der Waals surface area contributed by atoms with E-state index < -0.39 is 0 Å². The van der Waals surface area contributed by atoms with Crippen molar-refractivity contribution in [3.63, 3.8) is 0 Å². The molecule has 4 rings (SSSR count). The SMILES string of the molecule is Cc1sc2nc(CN3CCOCC3)nc(NC3CCC(O)CC3)c2c1C. The lowest BCUT2D eigenvalue weighted by Gasteiger charge is -2.28. The average Bonchev–Trinajstić information content (AvgIpc) is 2.92. The minimum Gasteiger partial charge on any atom is -0.393 e. The van der Waals surface area contributed by atoms with Crippen LogP contribution >= 0.6 is 11.3 Å². The Morgan fingerprint density at radius 2 is 1.88 bits per heavy atom. The summed E-state index contributed by atoms with van der Waals surface area (Å²) in [6.45, 7) is 8.54. The topological polar surface area (TPSA) is 70.5 Å². The zero-order valence-electron chi connectivity index (χ0n) is 15.6. The van der Waals surface area contributed by atoms with Gasteiger partial charge in [-0.25, -0.2) is 9.97 Å². The first-order chi connectivity index (χ1) is 12.6. The summed E-state index contributed by atoms with van der Waals surface area (Å²) in [5.74, 6) is 1.86. The number of nitrogens with one attached hydrogen (secondary N) is 1. The summed E-state index contributed by atoms with van der Waals surface area (Å²) in [5.41, 5.74) is 1.28. The van der Waals surface area contributed by atoms with E-state index in [1.807, 2.05) is 0 Å². The quantitative estimate of drug-likeness (QED) is 0.855. The van der Waals surface area contributed by atoms with Crippen LogP contribution in [0.3, 0.4) is 0 Å². The van der Waals surface area contributed by atoms with Crippen LogP contribution in [0.2, 0.25) is 0 Å². The highest BCUT2D eigenvalue weighted by Gasteiger charge is 2.23. The molecule has 2 N–H and O–H groups in total. The Morgan fingerprint density at radius 3 is 2.62 bits per heavy atom. The number of morpholine rings is 1. The van der Waals surface area contributed by atoms with Crippen molar-refractivity contribution in [3.8, 4) is 0 Å². The van der Waals surface area contributed by atoms with Crippen LogP contribution in [0.15, 0.2) is 0 Å². The Hall–Kier alpha value is -1.28. The minimum atomic E-state index is -0.138. The number of ether oxygens (including phenoxy) is 1. The normalized spacial score (nSPS) is 24.9. The number of hydrogen-bond acceptors (Lipinski definition) is 7. The molecule has 0 unspecified atom stereocenters. The average molecular weight is 377 g/mol. The number of thiophene rings is 1. The van der Waals surface area contributed by atoms with Gasteiger partial charge in [0.2, 0.25) is 0 Å². The molecule has 1 aliphatic carbocycles. The molecule has 2 aromatic heterocycles. The first kappa shape index (κ1) is 18.1. The zero-order valence-corrected chi connectivity index (χ0v) is 16.4. The van der Waals surface area contributed by atoms with Crippen molar-refractivity contribution in [2.75, 3.05) is 31.6 Å². The summed E-state index contributed by atoms with van der Waals surface area (Å²) in [6.07, 6.45) is 3.59. The molecule has 0 spiro atoms. The van der Waals surface area contributed by atoms with Crippen LogP contribution in [0.1, 0.15) is 41.9 Å². The van der Waals surface area contributed by atoms with E-state index in [2.05, 4.69) is 24.1 Å². The van der Waals surface area contributed by atoms with Crippen LogP contribution in [0.25, 0.3) is 10.2 Å². The molecular formula is C19H28N4O2S. The molecule has 1 saturated heterocycles. The summed E-state index contributed by atoms with van der Waals surface area (Å²) in [4.78, 5) is 14.5. The van der Waals surface area contributed by atoms with Gasteiger partial charge in [0.05, 0.1) is 31.2 Å². The van der Waals surface area contributed by atoms with E-state index in [4.69, 9.17) is 14.7 Å². The van der Waals surface area contributed by atoms with E-state index in [0.717, 1.165) is 75.0 Å². The van der Waals surface area contributed by atoms with Crippen LogP contribution in [0, 0.1) is 13.8 Å². The molecule has 26 heavy (non-hydrogen) atoms. The second-order valence-electron chi connectivity index (χ2n) is 7.49. The number of fused-ring (bicyclic) bond motifs is 1. The highest BCUT2D eigenvalue weighted by molar-refractivity contribution is 7.18. The van der Waals surface area contributed by atoms with Gasteiger partial charge in [-0.3, -0.25) is 4.90 Å². The molecular weight excluding hydrogens is 348 g/mol. The van der Waals surface area contributed by atoms with Crippen molar-refractivity contribution in [1.82, 2.24) is 14.9 Å². The fourth-order valence-corrected chi connectivity index (χ4v) is 4.89. The monoisotopic (exact) mass is 376 g/mol. The number of aliphatic hydroxyl groups is 1. The number of hydrogen-bond donors (Lipinski definition) is 2. The lowest BCUT2D eigenvalue weighted by atomic mass is 9.93. The predicted octanol–water partition coefficient (Wildman–Crippen LogP) is 2.86. The highest BCUT2D eigenvalue weighted by Crippen LogP contribution is 2.34. The summed E-state index contributed by atoms with van der Waals surface area (Å²) >= 11 is 1.76. The van der Waals surface area contributed by atoms with Gasteiger partial charge >= 0.3 is 0 Å². The Balaban J connectivity index is 1.62. The van der Waals surface area contributed by atoms with E-state index in [9.17, 15) is 5.11 Å². The standard InChI is InChI=1S/C19H28N4O2S/c1-12-13(2)26-19-17(12)18(20-14-3-5-15(24)6-4-14)21-16(22-19)11-23-7-9-25-10-8-23/h14-15,24H,3-11H2,1-2H3,(H,20,21,22). The number of nitrogens with zero attached hydrogens (tertiary/aromatic N) is 3. The van der Waals surface area contributed by atoms with Crippen LogP contribution in [-0.4, -0.2) is 58.4 Å². The van der Waals surface area contributed by atoms with Crippen LogP contribution in [-0.2, 0) is 11.3 Å². The molecule has 0 radical (unpaired) electrons. The fourth-order valence-electron chi connectivity index (χ4n) is 3.84. The van der Waals surface area contributed by atoms with Crippen molar-refractivity contribution in [2.24, 2.45) is 0 Å². The van der Waals surface area contributed by atoms with E-state index in [0.29, 0.717) is 6.04 Å². The molecule has 2 fully saturated rings. The third kappa shape index (κ3) is 3.86. The van der Waals surface area contributed by atoms with Crippen molar-refractivity contribution >= 4 is 27.4 Å². The second-order valence-corrected chi connectivity index (χ2v) is 8.69. The smallest absolute Gasteiger partial charge is 0.146 e. The number of aromatic nitrogens is 2. The van der Waals surface area contributed by atoms with Gasteiger partial charge < -0.3 is 15.2 Å². The van der Waals surface area contributed by atoms with Crippen molar-refractivity contribution in [3.05, 3.63) is 16.3 Å². The summed E-state index contributed by atoms with van der Waals surface area (Å²) < 4.78 is 5.45. The first-order valence-corrected chi connectivity index (χ1v) is 10.4. The van der Waals surface area contributed by atoms with Gasteiger partial charge in [0, 0.05) is 24.0 Å². The minimum absolute atomic E-state index is 0.138. The highest BCUT2D eigenvalue weighted by atomic mass is 32.1. The molecule has 2 aliphatic rings. The first-order valence-electron chi connectivity index (χ1n) is 9.61. The third-order valence-corrected chi connectivity index (χ3v) is 6.68. The summed E-state index contributed by atoms with van der Waals surface area (Å²) in [7, 11) is 0. The Kier molecular flexibility index (Phi) is 5.40. The molecule has 1 saturated carbocycles. The number of anilines is 1. The Morgan fingerprint density at radius 1 is 1.15 bits per heavy atom. The molecule has 2 aromatic rings. The van der Waals surface area contributed by atoms with Gasteiger partial charge in [0.1, 0.15) is 16.5 Å². The van der Waals surface area contributed by atoms with Gasteiger partial charge in [0.25, 0.3) is 0 Å². The molecule has 6 nitrogen and oxygen atoms in total. The molecule has 0 aromatic carbocycles. The maximum absolute atomic E-state index is 9.77. The largest absolute Gasteiger partial charge is 0.393 e. The van der Waals surface area contributed by atoms with Gasteiger partial charge in [0.15, 0.2) is 0 Å². The van der Waals surface area contributed by atoms with E-state index in [1.54, 1.807) is 11.3 Å². The van der Waals surface area contributed by atoms with Gasteiger partial charge in [-0.1, -0.05) is 0 Å². The maximum Gasteiger partial charge on any atom is 0.146 e. The molecule has 7 heteroatoms. The number of rotatable bonds is 4. The molecule has 0 amide bonds. The van der Waals surface area contributed by atoms with E-state index in [1.165, 1.54) is 15.8 Å². The lowest BCUT2D eigenvalue weighted by Crippen LogP contribution is -2.36. The number of aliphatic hydroxyl groups excluding tert-OH is 1. The molecule has 3 heterocycles. The lowest BCUT2D eigenvalue weighted by molar-refractivity contribution is 0.0331. The van der Waals surface area contributed by atoms with Crippen molar-refractivity contribution in [2.45, 2.75) is 58.2 Å². The fraction of sp³-hybridized carbons (Fsp3) is 0.684. The Bertz CT molecular complexity index is 764. The zero-order chi connectivity index (χ0) is 18.1. The number of aryl methyl sites for hydroxylation is 2. The molecule has 0 bridgehead atoms.